The molecule has 0 aliphatic rings. The second-order valence-corrected chi connectivity index (χ2v) is 5.37. The van der Waals surface area contributed by atoms with Crippen molar-refractivity contribution in [1.82, 2.24) is 0 Å². The first-order valence-electron chi connectivity index (χ1n) is 5.67. The molecule has 1 unspecified atom stereocenters. The van der Waals surface area contributed by atoms with Crippen LogP contribution in [0.25, 0.3) is 0 Å². The van der Waals surface area contributed by atoms with Crippen LogP contribution in [0.1, 0.15) is 21.8 Å². The maximum Gasteiger partial charge on any atom is 0.184 e. The van der Waals surface area contributed by atoms with Crippen LogP contribution in [0.15, 0.2) is 46.9 Å². The lowest BCUT2D eigenvalue weighted by molar-refractivity contribution is 0.0979. The van der Waals surface area contributed by atoms with Gasteiger partial charge in [0, 0.05) is 10.0 Å². The molecule has 2 aromatic carbocycles. The smallest absolute Gasteiger partial charge is 0.184 e. The van der Waals surface area contributed by atoms with Gasteiger partial charge in [-0.1, -0.05) is 29.8 Å². The minimum absolute atomic E-state index is 0.342. The first-order valence-corrected chi connectivity index (χ1v) is 6.84. The molecule has 0 aliphatic heterocycles. The van der Waals surface area contributed by atoms with E-state index in [-0.39, 0.29) is 5.78 Å². The Morgan fingerprint density at radius 3 is 2.45 bits per heavy atom. The number of nitriles is 1. The van der Waals surface area contributed by atoms with Gasteiger partial charge >= 0.3 is 0 Å². The van der Waals surface area contributed by atoms with E-state index in [1.165, 1.54) is 30.3 Å². The summed E-state index contributed by atoms with van der Waals surface area (Å²) in [5.74, 6) is -1.76. The summed E-state index contributed by atoms with van der Waals surface area (Å²) in [6.07, 6.45) is 0. The fourth-order valence-electron chi connectivity index (χ4n) is 1.76. The number of hydrogen-bond acceptors (Lipinski definition) is 2. The van der Waals surface area contributed by atoms with E-state index < -0.39 is 11.7 Å². The molecule has 100 valence electrons. The van der Waals surface area contributed by atoms with Crippen LogP contribution in [-0.4, -0.2) is 5.78 Å². The highest BCUT2D eigenvalue weighted by atomic mass is 79.9. The zero-order valence-corrected chi connectivity index (χ0v) is 12.5. The summed E-state index contributed by atoms with van der Waals surface area (Å²) >= 11 is 9.18. The number of halogens is 3. The highest BCUT2D eigenvalue weighted by Crippen LogP contribution is 2.27. The summed E-state index contributed by atoms with van der Waals surface area (Å²) in [7, 11) is 0. The predicted molar refractivity (Wildman–Crippen MR) is 78.2 cm³/mol. The van der Waals surface area contributed by atoms with Crippen molar-refractivity contribution in [2.75, 3.05) is 0 Å². The fourth-order valence-corrected chi connectivity index (χ4v) is 2.18. The molecular formula is C15H8BrClFNO. The summed E-state index contributed by atoms with van der Waals surface area (Å²) in [6, 6.07) is 12.0. The first kappa shape index (κ1) is 14.7. The second kappa shape index (κ2) is 6.17. The minimum atomic E-state index is -0.979. The molecule has 2 aromatic rings. The normalized spacial score (nSPS) is 11.7. The van der Waals surface area contributed by atoms with Crippen LogP contribution >= 0.6 is 27.5 Å². The van der Waals surface area contributed by atoms with Crippen molar-refractivity contribution in [2.45, 2.75) is 5.92 Å². The number of carbonyl (C=O) groups is 1. The Balaban J connectivity index is 2.36. The van der Waals surface area contributed by atoms with Gasteiger partial charge in [-0.15, -0.1) is 0 Å². The van der Waals surface area contributed by atoms with E-state index in [0.717, 1.165) is 0 Å². The van der Waals surface area contributed by atoms with Gasteiger partial charge in [0.25, 0.3) is 0 Å². The summed E-state index contributed by atoms with van der Waals surface area (Å²) < 4.78 is 13.6. The molecule has 0 aliphatic carbocycles. The molecule has 0 amide bonds. The average Bonchev–Trinajstić information content (AvgIpc) is 2.44. The lowest BCUT2D eigenvalue weighted by Gasteiger charge is -2.09. The largest absolute Gasteiger partial charge is 0.292 e. The van der Waals surface area contributed by atoms with Gasteiger partial charge in [-0.25, -0.2) is 4.39 Å². The Labute approximate surface area is 128 Å². The van der Waals surface area contributed by atoms with Crippen LogP contribution in [0.2, 0.25) is 5.02 Å². The lowest BCUT2D eigenvalue weighted by Crippen LogP contribution is -2.11. The Morgan fingerprint density at radius 1 is 1.25 bits per heavy atom. The lowest BCUT2D eigenvalue weighted by atomic mass is 9.92. The van der Waals surface area contributed by atoms with Crippen LogP contribution in [0.5, 0.6) is 0 Å². The van der Waals surface area contributed by atoms with E-state index in [4.69, 9.17) is 11.6 Å². The molecule has 20 heavy (non-hydrogen) atoms. The van der Waals surface area contributed by atoms with Gasteiger partial charge in [-0.3, -0.25) is 4.79 Å². The Hall–Kier alpha value is -1.70. The molecule has 0 bridgehead atoms. The molecule has 2 nitrogen and oxygen atoms in total. The molecular weight excluding hydrogens is 345 g/mol. The highest BCUT2D eigenvalue weighted by Gasteiger charge is 2.22. The maximum atomic E-state index is 12.9. The number of benzene rings is 2. The summed E-state index contributed by atoms with van der Waals surface area (Å²) in [6.45, 7) is 0. The van der Waals surface area contributed by atoms with Crippen LogP contribution in [0, 0.1) is 17.1 Å². The topological polar surface area (TPSA) is 40.9 Å². The van der Waals surface area contributed by atoms with Crippen LogP contribution in [0.4, 0.5) is 4.39 Å². The van der Waals surface area contributed by atoms with Gasteiger partial charge in [0.15, 0.2) is 5.78 Å². The molecule has 0 aromatic heterocycles. The summed E-state index contributed by atoms with van der Waals surface area (Å²) in [4.78, 5) is 12.3. The maximum absolute atomic E-state index is 12.9. The van der Waals surface area contributed by atoms with Crippen molar-refractivity contribution >= 4 is 33.3 Å². The van der Waals surface area contributed by atoms with Crippen molar-refractivity contribution in [3.8, 4) is 6.07 Å². The monoisotopic (exact) mass is 351 g/mol. The van der Waals surface area contributed by atoms with Crippen molar-refractivity contribution in [3.05, 3.63) is 68.9 Å². The van der Waals surface area contributed by atoms with Crippen LogP contribution < -0.4 is 0 Å². The molecule has 0 saturated heterocycles. The van der Waals surface area contributed by atoms with E-state index in [9.17, 15) is 14.4 Å². The SMILES string of the molecule is N#CC(C(=O)c1ccc(Br)c(Cl)c1)c1ccc(F)cc1. The van der Waals surface area contributed by atoms with E-state index >= 15 is 0 Å². The standard InChI is InChI=1S/C15H8BrClFNO/c16-13-6-3-10(7-14(13)17)15(20)12(8-19)9-1-4-11(18)5-2-9/h1-7,12H. The van der Waals surface area contributed by atoms with Gasteiger partial charge in [-0.2, -0.15) is 5.26 Å². The number of Topliss-reactive ketones (excluding diaryl/α,β-unsaturated/α-hetero) is 1. The van der Waals surface area contributed by atoms with Crippen molar-refractivity contribution < 1.29 is 9.18 Å². The van der Waals surface area contributed by atoms with E-state index in [0.29, 0.717) is 20.6 Å². The number of hydrogen-bond donors (Lipinski definition) is 0. The highest BCUT2D eigenvalue weighted by molar-refractivity contribution is 9.10. The molecule has 0 N–H and O–H groups in total. The van der Waals surface area contributed by atoms with Crippen molar-refractivity contribution in [3.63, 3.8) is 0 Å². The second-order valence-electron chi connectivity index (χ2n) is 4.11. The minimum Gasteiger partial charge on any atom is -0.292 e. The van der Waals surface area contributed by atoms with Crippen LogP contribution in [-0.2, 0) is 0 Å². The molecule has 2 rings (SSSR count). The fraction of sp³-hybridized carbons (Fsp3) is 0.0667. The van der Waals surface area contributed by atoms with Gasteiger partial charge < -0.3 is 0 Å². The molecule has 0 fully saturated rings. The molecule has 0 spiro atoms. The van der Waals surface area contributed by atoms with Crippen molar-refractivity contribution in [2.24, 2.45) is 0 Å². The number of carbonyl (C=O) groups excluding carboxylic acids is 1. The van der Waals surface area contributed by atoms with Gasteiger partial charge in [-0.05, 0) is 45.8 Å². The predicted octanol–water partition coefficient (Wildman–Crippen LogP) is 4.73. The van der Waals surface area contributed by atoms with Crippen LogP contribution in [0.3, 0.4) is 0 Å². The van der Waals surface area contributed by atoms with E-state index in [1.807, 2.05) is 6.07 Å². The Bertz CT molecular complexity index is 694. The Kier molecular flexibility index (Phi) is 4.53. The third-order valence-corrected chi connectivity index (χ3v) is 4.03. The summed E-state index contributed by atoms with van der Waals surface area (Å²) in [5.41, 5.74) is 0.798. The van der Waals surface area contributed by atoms with Gasteiger partial charge in [0.2, 0.25) is 0 Å². The van der Waals surface area contributed by atoms with E-state index in [2.05, 4.69) is 15.9 Å². The third kappa shape index (κ3) is 3.06. The summed E-state index contributed by atoms with van der Waals surface area (Å²) in [5, 5.41) is 9.59. The molecule has 1 atom stereocenters. The zero-order valence-electron chi connectivity index (χ0n) is 10.1. The van der Waals surface area contributed by atoms with Gasteiger partial charge in [0.05, 0.1) is 11.1 Å². The van der Waals surface area contributed by atoms with Gasteiger partial charge in [0.1, 0.15) is 11.7 Å². The van der Waals surface area contributed by atoms with Crippen molar-refractivity contribution in [1.29, 1.82) is 5.26 Å². The Morgan fingerprint density at radius 2 is 1.90 bits per heavy atom. The number of ketones is 1. The average molecular weight is 353 g/mol. The van der Waals surface area contributed by atoms with E-state index in [1.54, 1.807) is 12.1 Å². The number of rotatable bonds is 3. The zero-order chi connectivity index (χ0) is 14.7. The third-order valence-electron chi connectivity index (χ3n) is 2.80. The molecule has 0 heterocycles. The first-order chi connectivity index (χ1) is 9.52. The molecule has 5 heteroatoms. The molecule has 0 saturated carbocycles. The number of nitrogens with zero attached hydrogens (tertiary/aromatic N) is 1. The molecule has 0 radical (unpaired) electrons. The quantitative estimate of drug-likeness (QED) is 0.749.